The molecule has 2 heterocycles. The van der Waals surface area contributed by atoms with Crippen molar-refractivity contribution in [1.82, 2.24) is 15.6 Å². The van der Waals surface area contributed by atoms with E-state index in [-0.39, 0.29) is 30.2 Å². The Balaban J connectivity index is 0.00000364. The summed E-state index contributed by atoms with van der Waals surface area (Å²) in [7, 11) is 1.88. The van der Waals surface area contributed by atoms with Crippen molar-refractivity contribution in [3.8, 4) is 0 Å². The van der Waals surface area contributed by atoms with Crippen LogP contribution < -0.4 is 10.7 Å². The van der Waals surface area contributed by atoms with Crippen LogP contribution in [0.2, 0.25) is 0 Å². The molecule has 2 N–H and O–H groups in total. The second kappa shape index (κ2) is 11.5. The van der Waals surface area contributed by atoms with Crippen LogP contribution in [0.5, 0.6) is 0 Å². The summed E-state index contributed by atoms with van der Waals surface area (Å²) in [6, 6.07) is -0.834. The molecule has 0 saturated carbocycles. The van der Waals surface area contributed by atoms with Gasteiger partial charge in [0.15, 0.2) is 5.17 Å². The maximum atomic E-state index is 12.5. The van der Waals surface area contributed by atoms with Gasteiger partial charge in [-0.15, -0.1) is 17.5 Å². The molecule has 2 fully saturated rings. The molecule has 0 radical (unpaired) electrons. The first-order valence-corrected chi connectivity index (χ1v) is 10.0. The first kappa shape index (κ1) is 23.7. The number of ketones is 1. The van der Waals surface area contributed by atoms with Gasteiger partial charge in [0.1, 0.15) is 0 Å². The minimum Gasteiger partial charge on any atom is -0.381 e. The molecule has 2 aliphatic heterocycles. The number of Topliss-reactive ketones (excluding diaryl/α,β-unsaturated/α-hetero) is 1. The minimum absolute atomic E-state index is 0. The summed E-state index contributed by atoms with van der Waals surface area (Å²) in [5.74, 6) is -0.744. The van der Waals surface area contributed by atoms with Gasteiger partial charge in [-0.2, -0.15) is 0 Å². The fourth-order valence-corrected chi connectivity index (χ4v) is 3.83. The lowest BCUT2D eigenvalue weighted by Crippen LogP contribution is -2.49. The van der Waals surface area contributed by atoms with Gasteiger partial charge in [0.05, 0.1) is 6.04 Å². The maximum absolute atomic E-state index is 12.5. The van der Waals surface area contributed by atoms with E-state index < -0.39 is 17.7 Å². The van der Waals surface area contributed by atoms with E-state index in [1.165, 1.54) is 11.8 Å². The number of ether oxygens (including phenoxy) is 1. The molecular formula is C17H29ClN4O4S. The standard InChI is InChI=1S/C17H28N4O4S.ClH/c1-11(2)10-13(18-15(23)12-4-7-25-8-5-12)14(22)16(24)19-20-17-21(3)6-9-26-17;/h11-13H,4-10H2,1-3H3,(H,18,23)(H,19,24);1H/b20-17-;/t13-;/m0./s1. The summed E-state index contributed by atoms with van der Waals surface area (Å²) in [6.45, 7) is 5.84. The van der Waals surface area contributed by atoms with E-state index in [0.29, 0.717) is 37.6 Å². The number of rotatable bonds is 7. The molecule has 27 heavy (non-hydrogen) atoms. The Labute approximate surface area is 170 Å². The molecule has 2 aliphatic rings. The molecule has 0 bridgehead atoms. The predicted molar refractivity (Wildman–Crippen MR) is 108 cm³/mol. The summed E-state index contributed by atoms with van der Waals surface area (Å²) in [5, 5.41) is 7.46. The SMILES string of the molecule is CC(C)C[C@H](NC(=O)C1CCOCC1)C(=O)C(=O)N/N=C1\SCCN1C.Cl. The summed E-state index contributed by atoms with van der Waals surface area (Å²) in [4.78, 5) is 39.1. The highest BCUT2D eigenvalue weighted by atomic mass is 35.5. The molecule has 154 valence electrons. The molecular weight excluding hydrogens is 392 g/mol. The second-order valence-electron chi connectivity index (χ2n) is 7.05. The number of amidine groups is 1. The van der Waals surface area contributed by atoms with Crippen molar-refractivity contribution < 1.29 is 19.1 Å². The highest BCUT2D eigenvalue weighted by Crippen LogP contribution is 2.17. The van der Waals surface area contributed by atoms with Crippen molar-refractivity contribution >= 4 is 46.9 Å². The highest BCUT2D eigenvalue weighted by Gasteiger charge is 2.31. The second-order valence-corrected chi connectivity index (χ2v) is 8.11. The maximum Gasteiger partial charge on any atom is 0.309 e. The van der Waals surface area contributed by atoms with E-state index in [1.807, 2.05) is 25.8 Å². The number of hydrazone groups is 1. The molecule has 1 atom stereocenters. The first-order chi connectivity index (χ1) is 12.4. The molecule has 0 aromatic rings. The van der Waals surface area contributed by atoms with Gasteiger partial charge in [-0.1, -0.05) is 25.6 Å². The van der Waals surface area contributed by atoms with E-state index in [1.54, 1.807) is 0 Å². The molecule has 10 heteroatoms. The summed E-state index contributed by atoms with van der Waals surface area (Å²) < 4.78 is 5.26. The summed E-state index contributed by atoms with van der Waals surface area (Å²) >= 11 is 1.52. The Morgan fingerprint density at radius 2 is 1.96 bits per heavy atom. The first-order valence-electron chi connectivity index (χ1n) is 9.02. The van der Waals surface area contributed by atoms with Gasteiger partial charge in [-0.3, -0.25) is 14.4 Å². The van der Waals surface area contributed by atoms with Crippen LogP contribution in [0.15, 0.2) is 5.10 Å². The van der Waals surface area contributed by atoms with Crippen molar-refractivity contribution in [3.63, 3.8) is 0 Å². The van der Waals surface area contributed by atoms with Crippen molar-refractivity contribution in [2.24, 2.45) is 16.9 Å². The average molecular weight is 421 g/mol. The molecule has 2 rings (SSSR count). The minimum atomic E-state index is -0.834. The third-order valence-electron chi connectivity index (χ3n) is 4.39. The zero-order chi connectivity index (χ0) is 19.1. The van der Waals surface area contributed by atoms with Crippen LogP contribution in [0.3, 0.4) is 0 Å². The smallest absolute Gasteiger partial charge is 0.309 e. The van der Waals surface area contributed by atoms with Gasteiger partial charge in [0, 0.05) is 38.5 Å². The third-order valence-corrected chi connectivity index (χ3v) is 5.44. The number of thioether (sulfide) groups is 1. The molecule has 0 aliphatic carbocycles. The van der Waals surface area contributed by atoms with Gasteiger partial charge in [-0.05, 0) is 25.2 Å². The fraction of sp³-hybridized carbons (Fsp3) is 0.765. The number of nitrogens with zero attached hydrogens (tertiary/aromatic N) is 2. The van der Waals surface area contributed by atoms with Crippen LogP contribution >= 0.6 is 24.2 Å². The van der Waals surface area contributed by atoms with Crippen molar-refractivity contribution in [2.75, 3.05) is 32.6 Å². The Hall–Kier alpha value is -1.32. The fourth-order valence-electron chi connectivity index (χ4n) is 2.86. The monoisotopic (exact) mass is 420 g/mol. The van der Waals surface area contributed by atoms with E-state index in [2.05, 4.69) is 15.8 Å². The lowest BCUT2D eigenvalue weighted by atomic mass is 9.96. The van der Waals surface area contributed by atoms with Crippen molar-refractivity contribution in [3.05, 3.63) is 0 Å². The Morgan fingerprint density at radius 1 is 1.30 bits per heavy atom. The zero-order valence-corrected chi connectivity index (χ0v) is 17.7. The number of amides is 2. The van der Waals surface area contributed by atoms with E-state index >= 15 is 0 Å². The summed E-state index contributed by atoms with van der Waals surface area (Å²) in [5.41, 5.74) is 2.33. The topological polar surface area (TPSA) is 100 Å². The molecule has 8 nitrogen and oxygen atoms in total. The van der Waals surface area contributed by atoms with Gasteiger partial charge in [-0.25, -0.2) is 5.43 Å². The van der Waals surface area contributed by atoms with Crippen LogP contribution in [0.1, 0.15) is 33.1 Å². The number of nitrogens with one attached hydrogen (secondary N) is 2. The number of hydrogen-bond acceptors (Lipinski definition) is 6. The number of carbonyl (C=O) groups excluding carboxylic acids is 3. The van der Waals surface area contributed by atoms with Crippen LogP contribution in [-0.2, 0) is 19.1 Å². The Kier molecular flexibility index (Phi) is 10.1. The van der Waals surface area contributed by atoms with E-state index in [0.717, 1.165) is 12.3 Å². The quantitative estimate of drug-likeness (QED) is 0.470. The van der Waals surface area contributed by atoms with Gasteiger partial charge < -0.3 is 15.0 Å². The molecule has 0 unspecified atom stereocenters. The molecule has 2 saturated heterocycles. The van der Waals surface area contributed by atoms with E-state index in [9.17, 15) is 14.4 Å². The largest absolute Gasteiger partial charge is 0.381 e. The van der Waals surface area contributed by atoms with Crippen molar-refractivity contribution in [2.45, 2.75) is 39.2 Å². The number of halogens is 1. The lowest BCUT2D eigenvalue weighted by molar-refractivity contribution is -0.141. The lowest BCUT2D eigenvalue weighted by Gasteiger charge is -2.25. The highest BCUT2D eigenvalue weighted by molar-refractivity contribution is 8.14. The summed E-state index contributed by atoms with van der Waals surface area (Å²) in [6.07, 6.45) is 1.68. The van der Waals surface area contributed by atoms with Gasteiger partial charge in [0.25, 0.3) is 0 Å². The van der Waals surface area contributed by atoms with Crippen LogP contribution in [-0.4, -0.2) is 66.3 Å². The van der Waals surface area contributed by atoms with Crippen LogP contribution in [0.4, 0.5) is 0 Å². The predicted octanol–water partition coefficient (Wildman–Crippen LogP) is 1.00. The van der Waals surface area contributed by atoms with Crippen molar-refractivity contribution in [1.29, 1.82) is 0 Å². The zero-order valence-electron chi connectivity index (χ0n) is 16.0. The third kappa shape index (κ3) is 7.31. The van der Waals surface area contributed by atoms with Crippen LogP contribution in [0.25, 0.3) is 0 Å². The molecule has 0 aromatic heterocycles. The molecule has 2 amide bonds. The average Bonchev–Trinajstić information content (AvgIpc) is 3.03. The Bertz CT molecular complexity index is 567. The normalized spacial score (nSPS) is 20.3. The molecule has 0 aromatic carbocycles. The van der Waals surface area contributed by atoms with Gasteiger partial charge in [0.2, 0.25) is 11.7 Å². The number of hydrogen-bond donors (Lipinski definition) is 2. The van der Waals surface area contributed by atoms with Crippen LogP contribution in [0, 0.1) is 11.8 Å². The molecule has 0 spiro atoms. The number of carbonyl (C=O) groups is 3. The van der Waals surface area contributed by atoms with Gasteiger partial charge >= 0.3 is 5.91 Å². The van der Waals surface area contributed by atoms with E-state index in [4.69, 9.17) is 4.74 Å². The Morgan fingerprint density at radius 3 is 2.52 bits per heavy atom.